The zero-order valence-corrected chi connectivity index (χ0v) is 13.9. The fourth-order valence-electron chi connectivity index (χ4n) is 2.63. The Morgan fingerprint density at radius 3 is 2.62 bits per heavy atom. The number of ether oxygens (including phenoxy) is 1. The molecule has 24 heavy (non-hydrogen) atoms. The molecule has 0 saturated carbocycles. The van der Waals surface area contributed by atoms with E-state index in [0.29, 0.717) is 24.3 Å². The number of nitrogens with one attached hydrogen (secondary N) is 1. The number of hydrogen-bond donors (Lipinski definition) is 2. The molecule has 0 bridgehead atoms. The summed E-state index contributed by atoms with van der Waals surface area (Å²) in [5.41, 5.74) is 0.117. The van der Waals surface area contributed by atoms with Gasteiger partial charge in [0, 0.05) is 23.9 Å². The molecule has 1 atom stereocenters. The minimum absolute atomic E-state index is 0.102. The highest BCUT2D eigenvalue weighted by atomic mass is 32.2. The lowest BCUT2D eigenvalue weighted by atomic mass is 9.88. The van der Waals surface area contributed by atoms with Crippen molar-refractivity contribution in [2.75, 3.05) is 13.2 Å². The monoisotopic (exact) mass is 345 g/mol. The highest BCUT2D eigenvalue weighted by molar-refractivity contribution is 7.92. The van der Waals surface area contributed by atoms with Crippen LogP contribution in [-0.4, -0.2) is 26.7 Å². The van der Waals surface area contributed by atoms with Crippen LogP contribution in [0.15, 0.2) is 60.0 Å². The first kappa shape index (κ1) is 16.7. The fraction of sp³-hybridized carbons (Fsp3) is 0.222. The molecule has 3 rings (SSSR count). The van der Waals surface area contributed by atoms with E-state index in [-0.39, 0.29) is 6.54 Å². The summed E-state index contributed by atoms with van der Waals surface area (Å²) in [6, 6.07) is 16.3. The SMILES string of the molecule is O=S(=O)(/C=C/c1ccccc1)NC[C@]1(O)CCOc2ccccc21. The molecule has 0 aromatic heterocycles. The summed E-state index contributed by atoms with van der Waals surface area (Å²) in [5, 5.41) is 11.9. The highest BCUT2D eigenvalue weighted by Crippen LogP contribution is 2.36. The van der Waals surface area contributed by atoms with Crippen LogP contribution in [-0.2, 0) is 15.6 Å². The van der Waals surface area contributed by atoms with E-state index in [1.54, 1.807) is 18.2 Å². The van der Waals surface area contributed by atoms with E-state index in [0.717, 1.165) is 11.0 Å². The van der Waals surface area contributed by atoms with Gasteiger partial charge in [0.25, 0.3) is 0 Å². The molecule has 0 unspecified atom stereocenters. The summed E-state index contributed by atoms with van der Waals surface area (Å²) < 4.78 is 32.3. The third-order valence-electron chi connectivity index (χ3n) is 3.97. The van der Waals surface area contributed by atoms with Crippen LogP contribution in [0.25, 0.3) is 6.08 Å². The third-order valence-corrected chi connectivity index (χ3v) is 5.01. The van der Waals surface area contributed by atoms with Crippen molar-refractivity contribution in [2.45, 2.75) is 12.0 Å². The molecule has 0 fully saturated rings. The highest BCUT2D eigenvalue weighted by Gasteiger charge is 2.36. The van der Waals surface area contributed by atoms with Crippen molar-refractivity contribution in [3.63, 3.8) is 0 Å². The molecule has 5 nitrogen and oxygen atoms in total. The van der Waals surface area contributed by atoms with E-state index in [4.69, 9.17) is 4.74 Å². The van der Waals surface area contributed by atoms with Crippen molar-refractivity contribution in [3.8, 4) is 5.75 Å². The summed E-state index contributed by atoms with van der Waals surface area (Å²) >= 11 is 0. The molecule has 126 valence electrons. The Morgan fingerprint density at radius 1 is 1.12 bits per heavy atom. The minimum Gasteiger partial charge on any atom is -0.493 e. The number of fused-ring (bicyclic) bond motifs is 1. The minimum atomic E-state index is -3.65. The van der Waals surface area contributed by atoms with Gasteiger partial charge < -0.3 is 9.84 Å². The number of hydrogen-bond acceptors (Lipinski definition) is 4. The van der Waals surface area contributed by atoms with Gasteiger partial charge in [-0.3, -0.25) is 0 Å². The molecule has 0 saturated heterocycles. The summed E-state index contributed by atoms with van der Waals surface area (Å²) in [6.07, 6.45) is 1.85. The van der Waals surface area contributed by atoms with Crippen LogP contribution in [0.5, 0.6) is 5.75 Å². The topological polar surface area (TPSA) is 75.6 Å². The number of sulfonamides is 1. The third kappa shape index (κ3) is 3.84. The molecular weight excluding hydrogens is 326 g/mol. The zero-order valence-electron chi connectivity index (χ0n) is 13.1. The van der Waals surface area contributed by atoms with Gasteiger partial charge in [0.05, 0.1) is 6.61 Å². The first-order chi connectivity index (χ1) is 11.5. The van der Waals surface area contributed by atoms with E-state index < -0.39 is 15.6 Å². The second kappa shape index (κ2) is 6.76. The van der Waals surface area contributed by atoms with Gasteiger partial charge in [-0.15, -0.1) is 0 Å². The standard InChI is InChI=1S/C18H19NO4S/c20-18(11-12-23-17-9-5-4-8-16(17)18)14-19-24(21,22)13-10-15-6-2-1-3-7-15/h1-10,13,19-20H,11-12,14H2/b13-10+/t18-/m1/s1. The zero-order chi connectivity index (χ0) is 17.0. The Kier molecular flexibility index (Phi) is 4.71. The molecule has 2 aromatic carbocycles. The summed E-state index contributed by atoms with van der Waals surface area (Å²) in [6.45, 7) is 0.240. The smallest absolute Gasteiger partial charge is 0.233 e. The van der Waals surface area contributed by atoms with Crippen molar-refractivity contribution < 1.29 is 18.3 Å². The van der Waals surface area contributed by atoms with Gasteiger partial charge in [0.2, 0.25) is 10.0 Å². The average molecular weight is 345 g/mol. The Bertz CT molecular complexity index is 833. The second-order valence-electron chi connectivity index (χ2n) is 5.71. The van der Waals surface area contributed by atoms with E-state index in [9.17, 15) is 13.5 Å². The first-order valence-corrected chi connectivity index (χ1v) is 9.21. The molecule has 2 N–H and O–H groups in total. The van der Waals surface area contributed by atoms with Crippen LogP contribution < -0.4 is 9.46 Å². The first-order valence-electron chi connectivity index (χ1n) is 7.66. The molecule has 0 aliphatic carbocycles. The van der Waals surface area contributed by atoms with Crippen LogP contribution >= 0.6 is 0 Å². The lowest BCUT2D eigenvalue weighted by Crippen LogP contribution is -2.43. The van der Waals surface area contributed by atoms with Gasteiger partial charge in [-0.1, -0.05) is 48.5 Å². The van der Waals surface area contributed by atoms with Gasteiger partial charge in [-0.05, 0) is 17.7 Å². The largest absolute Gasteiger partial charge is 0.493 e. The molecule has 1 aliphatic heterocycles. The number of benzene rings is 2. The molecule has 2 aromatic rings. The molecule has 0 radical (unpaired) electrons. The van der Waals surface area contributed by atoms with Crippen LogP contribution in [0.3, 0.4) is 0 Å². The lowest BCUT2D eigenvalue weighted by molar-refractivity contribution is 0.00226. The summed E-state index contributed by atoms with van der Waals surface area (Å²) in [5.74, 6) is 0.588. The van der Waals surface area contributed by atoms with Crippen molar-refractivity contribution in [3.05, 3.63) is 71.1 Å². The maximum atomic E-state index is 12.2. The van der Waals surface area contributed by atoms with Crippen molar-refractivity contribution in [1.29, 1.82) is 0 Å². The van der Waals surface area contributed by atoms with Gasteiger partial charge in [0.1, 0.15) is 11.4 Å². The Hall–Kier alpha value is -2.15. The van der Waals surface area contributed by atoms with Crippen molar-refractivity contribution >= 4 is 16.1 Å². The number of para-hydroxylation sites is 1. The van der Waals surface area contributed by atoms with Gasteiger partial charge >= 0.3 is 0 Å². The van der Waals surface area contributed by atoms with E-state index in [2.05, 4.69) is 4.72 Å². The second-order valence-corrected chi connectivity index (χ2v) is 7.36. The predicted molar refractivity (Wildman–Crippen MR) is 92.8 cm³/mol. The van der Waals surface area contributed by atoms with E-state index >= 15 is 0 Å². The molecule has 1 heterocycles. The number of aliphatic hydroxyl groups is 1. The van der Waals surface area contributed by atoms with E-state index in [1.165, 1.54) is 6.08 Å². The van der Waals surface area contributed by atoms with E-state index in [1.807, 2.05) is 36.4 Å². The van der Waals surface area contributed by atoms with Crippen molar-refractivity contribution in [2.24, 2.45) is 0 Å². The summed E-state index contributed by atoms with van der Waals surface area (Å²) in [7, 11) is -3.65. The summed E-state index contributed by atoms with van der Waals surface area (Å²) in [4.78, 5) is 0. The van der Waals surface area contributed by atoms with Crippen LogP contribution in [0.4, 0.5) is 0 Å². The van der Waals surface area contributed by atoms with Crippen LogP contribution in [0.2, 0.25) is 0 Å². The van der Waals surface area contributed by atoms with Gasteiger partial charge in [-0.2, -0.15) is 0 Å². The van der Waals surface area contributed by atoms with Gasteiger partial charge in [0.15, 0.2) is 0 Å². The Labute approximate surface area is 141 Å². The van der Waals surface area contributed by atoms with Gasteiger partial charge in [-0.25, -0.2) is 13.1 Å². The lowest BCUT2D eigenvalue weighted by Gasteiger charge is -2.34. The van der Waals surface area contributed by atoms with Crippen molar-refractivity contribution in [1.82, 2.24) is 4.72 Å². The molecular formula is C18H19NO4S. The Morgan fingerprint density at radius 2 is 1.83 bits per heavy atom. The average Bonchev–Trinajstić information content (AvgIpc) is 2.60. The number of rotatable bonds is 5. The maximum absolute atomic E-state index is 12.2. The molecule has 6 heteroatoms. The molecule has 1 aliphatic rings. The predicted octanol–water partition coefficient (Wildman–Crippen LogP) is 2.25. The maximum Gasteiger partial charge on any atom is 0.233 e. The normalized spacial score (nSPS) is 20.5. The fourth-order valence-corrected chi connectivity index (χ4v) is 3.50. The Balaban J connectivity index is 1.72. The molecule has 0 amide bonds. The van der Waals surface area contributed by atoms with Crippen LogP contribution in [0, 0.1) is 0 Å². The van der Waals surface area contributed by atoms with Crippen LogP contribution in [0.1, 0.15) is 17.5 Å². The quantitative estimate of drug-likeness (QED) is 0.871. The molecule has 0 spiro atoms.